The number of piperazine rings is 1. The summed E-state index contributed by atoms with van der Waals surface area (Å²) in [5, 5.41) is 11.0. The molecular weight excluding hydrogens is 777 g/mol. The second kappa shape index (κ2) is 22.3. The molecule has 18 heteroatoms. The summed E-state index contributed by atoms with van der Waals surface area (Å²) >= 11 is 0. The second-order valence-electron chi connectivity index (χ2n) is 15.3. The molecule has 6 N–H and O–H groups in total. The number of carbonyl (C=O) groups excluding carboxylic acids is 5. The van der Waals surface area contributed by atoms with Crippen molar-refractivity contribution < 1.29 is 47.7 Å². The Morgan fingerprint density at radius 1 is 0.783 bits per heavy atom. The van der Waals surface area contributed by atoms with E-state index in [0.29, 0.717) is 38.4 Å². The number of nitrogens with zero attached hydrogens (tertiary/aromatic N) is 3. The molecule has 2 aromatic carbocycles. The quantitative estimate of drug-likeness (QED) is 0.138. The molecule has 5 rings (SSSR count). The van der Waals surface area contributed by atoms with E-state index in [4.69, 9.17) is 29.4 Å². The molecule has 3 heterocycles. The van der Waals surface area contributed by atoms with E-state index in [1.165, 1.54) is 0 Å². The van der Waals surface area contributed by atoms with Gasteiger partial charge in [0.25, 0.3) is 0 Å². The highest BCUT2D eigenvalue weighted by atomic mass is 16.6. The molecule has 0 unspecified atom stereocenters. The Bertz CT molecular complexity index is 1850. The van der Waals surface area contributed by atoms with Gasteiger partial charge in [0, 0.05) is 71.4 Å². The highest BCUT2D eigenvalue weighted by molar-refractivity contribution is 5.77. The molecule has 0 radical (unpaired) electrons. The van der Waals surface area contributed by atoms with E-state index in [9.17, 15) is 24.0 Å². The van der Waals surface area contributed by atoms with Crippen molar-refractivity contribution in [1.29, 1.82) is 0 Å². The molecule has 1 aromatic heterocycles. The van der Waals surface area contributed by atoms with Gasteiger partial charge in [0.1, 0.15) is 36.3 Å². The van der Waals surface area contributed by atoms with Gasteiger partial charge in [-0.1, -0.05) is 60.7 Å². The number of urea groups is 1. The number of anilines is 1. The van der Waals surface area contributed by atoms with Crippen LogP contribution in [-0.2, 0) is 54.7 Å². The SMILES string of the molecule is CC(C)(C)OC(=O)NCc1ccc(CNC(=O)N2CCN(C(=O)O[C@@H]3CCO[C@H](COC(=O)NCCC(=O)NCc4ccc(N)nc4)[C@H]3OCc3ccccc3)CC2)cc1. The van der Waals surface area contributed by atoms with Gasteiger partial charge in [0.05, 0.1) is 13.2 Å². The fourth-order valence-corrected chi connectivity index (χ4v) is 6.25. The van der Waals surface area contributed by atoms with Gasteiger partial charge in [-0.2, -0.15) is 0 Å². The Morgan fingerprint density at radius 2 is 1.43 bits per heavy atom. The van der Waals surface area contributed by atoms with Crippen LogP contribution in [0.3, 0.4) is 0 Å². The molecule has 0 bridgehead atoms. The van der Waals surface area contributed by atoms with Crippen LogP contribution in [0.15, 0.2) is 72.9 Å². The molecule has 324 valence electrons. The average Bonchev–Trinajstić information content (AvgIpc) is 3.23. The third-order valence-corrected chi connectivity index (χ3v) is 9.47. The zero-order chi connectivity index (χ0) is 42.9. The average molecular weight is 833 g/mol. The topological polar surface area (TPSA) is 225 Å². The summed E-state index contributed by atoms with van der Waals surface area (Å²) in [6, 6.07) is 20.2. The van der Waals surface area contributed by atoms with Crippen LogP contribution in [0.2, 0.25) is 0 Å². The lowest BCUT2D eigenvalue weighted by Crippen LogP contribution is -2.55. The first-order valence-electron chi connectivity index (χ1n) is 20.0. The minimum atomic E-state index is -0.758. The predicted octanol–water partition coefficient (Wildman–Crippen LogP) is 3.83. The van der Waals surface area contributed by atoms with Gasteiger partial charge >= 0.3 is 24.3 Å². The summed E-state index contributed by atoms with van der Waals surface area (Å²) in [6.07, 6.45) is -2.00. The number of aromatic nitrogens is 1. The largest absolute Gasteiger partial charge is 0.447 e. The Kier molecular flexibility index (Phi) is 16.7. The van der Waals surface area contributed by atoms with Crippen LogP contribution in [0.5, 0.6) is 0 Å². The minimum Gasteiger partial charge on any atom is -0.447 e. The molecular formula is C42H56N8O10. The van der Waals surface area contributed by atoms with Crippen LogP contribution >= 0.6 is 0 Å². The van der Waals surface area contributed by atoms with Crippen molar-refractivity contribution in [3.63, 3.8) is 0 Å². The van der Waals surface area contributed by atoms with Crippen molar-refractivity contribution in [2.24, 2.45) is 0 Å². The number of hydrogen-bond acceptors (Lipinski definition) is 12. The molecule has 3 atom stereocenters. The smallest absolute Gasteiger partial charge is 0.410 e. The molecule has 18 nitrogen and oxygen atoms in total. The highest BCUT2D eigenvalue weighted by Gasteiger charge is 2.40. The van der Waals surface area contributed by atoms with Crippen LogP contribution in [0.1, 0.15) is 55.9 Å². The van der Waals surface area contributed by atoms with E-state index < -0.39 is 42.2 Å². The van der Waals surface area contributed by atoms with E-state index >= 15 is 0 Å². The molecule has 0 saturated carbocycles. The van der Waals surface area contributed by atoms with Gasteiger partial charge in [-0.25, -0.2) is 24.2 Å². The highest BCUT2D eigenvalue weighted by Crippen LogP contribution is 2.24. The van der Waals surface area contributed by atoms with E-state index in [1.54, 1.807) is 48.9 Å². The lowest BCUT2D eigenvalue weighted by Gasteiger charge is -2.39. The Morgan fingerprint density at radius 3 is 2.10 bits per heavy atom. The van der Waals surface area contributed by atoms with Crippen molar-refractivity contribution in [3.05, 3.63) is 95.2 Å². The number of pyridine rings is 1. The monoisotopic (exact) mass is 832 g/mol. The maximum atomic E-state index is 13.5. The molecule has 2 fully saturated rings. The maximum Gasteiger partial charge on any atom is 0.410 e. The molecule has 6 amide bonds. The first-order valence-corrected chi connectivity index (χ1v) is 20.0. The number of amides is 6. The zero-order valence-electron chi connectivity index (χ0n) is 34.4. The Balaban J connectivity index is 1.04. The second-order valence-corrected chi connectivity index (χ2v) is 15.3. The molecule has 60 heavy (non-hydrogen) atoms. The van der Waals surface area contributed by atoms with Crippen LogP contribution < -0.4 is 27.0 Å². The number of nitrogens with one attached hydrogen (secondary N) is 4. The molecule has 0 aliphatic carbocycles. The van der Waals surface area contributed by atoms with Crippen LogP contribution in [0.4, 0.5) is 25.0 Å². The van der Waals surface area contributed by atoms with Crippen molar-refractivity contribution in [1.82, 2.24) is 36.1 Å². The number of nitrogens with two attached hydrogens (primary N) is 1. The van der Waals surface area contributed by atoms with Gasteiger partial charge in [-0.15, -0.1) is 0 Å². The molecule has 0 spiro atoms. The lowest BCUT2D eigenvalue weighted by atomic mass is 10.0. The number of nitrogen functional groups attached to an aromatic ring is 1. The van der Waals surface area contributed by atoms with Crippen LogP contribution in [0, 0.1) is 0 Å². The summed E-state index contributed by atoms with van der Waals surface area (Å²) in [5.41, 5.74) is 8.48. The fraction of sp³-hybridized carbons (Fsp3) is 0.476. The van der Waals surface area contributed by atoms with Gasteiger partial charge < -0.3 is 60.5 Å². The predicted molar refractivity (Wildman–Crippen MR) is 219 cm³/mol. The summed E-state index contributed by atoms with van der Waals surface area (Å²) < 4.78 is 29.0. The zero-order valence-corrected chi connectivity index (χ0v) is 34.4. The summed E-state index contributed by atoms with van der Waals surface area (Å²) in [7, 11) is 0. The van der Waals surface area contributed by atoms with Gasteiger partial charge in [0.2, 0.25) is 5.91 Å². The van der Waals surface area contributed by atoms with E-state index in [2.05, 4.69) is 26.3 Å². The Hall–Kier alpha value is -6.14. The summed E-state index contributed by atoms with van der Waals surface area (Å²) in [6.45, 7) is 7.77. The van der Waals surface area contributed by atoms with Crippen molar-refractivity contribution in [2.75, 3.05) is 51.7 Å². The molecule has 2 aliphatic rings. The number of alkyl carbamates (subject to hydrolysis) is 2. The van der Waals surface area contributed by atoms with Crippen molar-refractivity contribution >= 4 is 36.0 Å². The fourth-order valence-electron chi connectivity index (χ4n) is 6.25. The summed E-state index contributed by atoms with van der Waals surface area (Å²) in [5.74, 6) is 0.120. The first-order chi connectivity index (χ1) is 28.8. The number of ether oxygens (including phenoxy) is 5. The first kappa shape index (κ1) is 45.0. The number of carbonyl (C=O) groups is 5. The standard InChI is InChI=1S/C42H56N8O10/c1-42(2,3)60-40(54)48-24-30-11-9-29(10-12-30)23-47-38(52)49-18-20-50(21-19-49)41(55)59-33-16-22-56-34(37(33)57-27-31-7-5-4-6-8-31)28-58-39(53)44-17-15-36(51)46-26-32-13-14-35(43)45-25-32/h4-14,25,33-34,37H,15-24,26-28H2,1-3H3,(H2,43,45)(H,44,53)(H,46,51)(H,47,52)(H,48,54)/t33-,34-,37+/m1/s1. The summed E-state index contributed by atoms with van der Waals surface area (Å²) in [4.78, 5) is 70.4. The molecule has 2 saturated heterocycles. The van der Waals surface area contributed by atoms with Gasteiger partial charge in [-0.3, -0.25) is 4.79 Å². The lowest BCUT2D eigenvalue weighted by molar-refractivity contribution is -0.177. The van der Waals surface area contributed by atoms with Crippen molar-refractivity contribution in [3.8, 4) is 0 Å². The Labute approximate surface area is 349 Å². The van der Waals surface area contributed by atoms with Crippen LogP contribution in [0.25, 0.3) is 0 Å². The number of rotatable bonds is 15. The van der Waals surface area contributed by atoms with Crippen molar-refractivity contribution in [2.45, 2.75) is 83.8 Å². The molecule has 2 aliphatic heterocycles. The number of benzene rings is 2. The molecule has 3 aromatic rings. The van der Waals surface area contributed by atoms with E-state index in [1.807, 2.05) is 54.6 Å². The third-order valence-electron chi connectivity index (χ3n) is 9.47. The maximum absolute atomic E-state index is 13.5. The van der Waals surface area contributed by atoms with E-state index in [-0.39, 0.29) is 64.4 Å². The number of hydrogen-bond donors (Lipinski definition) is 5. The van der Waals surface area contributed by atoms with Crippen LogP contribution in [-0.4, -0.2) is 115 Å². The third kappa shape index (κ3) is 15.2. The van der Waals surface area contributed by atoms with Gasteiger partial charge in [0.15, 0.2) is 0 Å². The van der Waals surface area contributed by atoms with E-state index in [0.717, 1.165) is 22.3 Å². The minimum absolute atomic E-state index is 0.0325. The normalized spacial score (nSPS) is 17.8. The van der Waals surface area contributed by atoms with Gasteiger partial charge in [-0.05, 0) is 49.1 Å².